The lowest BCUT2D eigenvalue weighted by Crippen LogP contribution is -2.51. The van der Waals surface area contributed by atoms with Gasteiger partial charge in [-0.3, -0.25) is 14.5 Å². The van der Waals surface area contributed by atoms with Crippen molar-refractivity contribution >= 4 is 36.6 Å². The maximum atomic E-state index is 12.5. The Kier molecular flexibility index (Phi) is 14.1. The summed E-state index contributed by atoms with van der Waals surface area (Å²) >= 11 is 0. The molecule has 2 fully saturated rings. The van der Waals surface area contributed by atoms with Crippen LogP contribution in [0.15, 0.2) is 0 Å². The normalized spacial score (nSPS) is 21.6. The number of piperazine rings is 1. The van der Waals surface area contributed by atoms with Crippen LogP contribution in [0.4, 0.5) is 0 Å². The number of methoxy groups -OCH3 is 1. The molecule has 2 heterocycles. The third-order valence-electron chi connectivity index (χ3n) is 5.36. The number of nitrogens with one attached hydrogen (secondary N) is 2. The van der Waals surface area contributed by atoms with E-state index >= 15 is 0 Å². The topological polar surface area (TPSA) is 73.9 Å². The van der Waals surface area contributed by atoms with Gasteiger partial charge in [-0.15, -0.1) is 24.8 Å². The van der Waals surface area contributed by atoms with Gasteiger partial charge in [0.2, 0.25) is 11.8 Å². The molecule has 2 rings (SSSR count). The van der Waals surface area contributed by atoms with E-state index in [1.165, 1.54) is 12.8 Å². The van der Waals surface area contributed by atoms with Crippen LogP contribution >= 0.6 is 24.8 Å². The summed E-state index contributed by atoms with van der Waals surface area (Å²) in [5.74, 6) is 1.34. The van der Waals surface area contributed by atoms with Gasteiger partial charge in [0, 0.05) is 46.3 Å². The standard InChI is InChI=1S/C18H34N4O3.2ClH/c1-15(16-4-3-5-19-13-16)12-18(24)22-9-7-21(8-10-22)14-17(23)20-6-11-25-2;;/h15-16,19H,3-14H2,1-2H3,(H,20,23);2*1H. The van der Waals surface area contributed by atoms with E-state index in [0.717, 1.165) is 39.3 Å². The van der Waals surface area contributed by atoms with Crippen molar-refractivity contribution in [2.75, 3.05) is 66.1 Å². The fraction of sp³-hybridized carbons (Fsp3) is 0.889. The van der Waals surface area contributed by atoms with Gasteiger partial charge >= 0.3 is 0 Å². The third-order valence-corrected chi connectivity index (χ3v) is 5.36. The molecule has 160 valence electrons. The number of rotatable bonds is 8. The highest BCUT2D eigenvalue weighted by molar-refractivity contribution is 5.85. The number of piperidine rings is 1. The maximum Gasteiger partial charge on any atom is 0.234 e. The highest BCUT2D eigenvalue weighted by atomic mass is 35.5. The highest BCUT2D eigenvalue weighted by Gasteiger charge is 2.26. The van der Waals surface area contributed by atoms with Gasteiger partial charge in [-0.05, 0) is 37.8 Å². The van der Waals surface area contributed by atoms with E-state index in [1.807, 2.05) is 4.90 Å². The molecule has 9 heteroatoms. The number of carbonyl (C=O) groups excluding carboxylic acids is 2. The Hall–Kier alpha value is -0.600. The molecule has 0 aliphatic carbocycles. The minimum Gasteiger partial charge on any atom is -0.383 e. The first-order valence-electron chi connectivity index (χ1n) is 9.56. The molecule has 2 saturated heterocycles. The zero-order valence-corrected chi connectivity index (χ0v) is 18.2. The highest BCUT2D eigenvalue weighted by Crippen LogP contribution is 2.23. The molecular weight excluding hydrogens is 391 g/mol. The van der Waals surface area contributed by atoms with Crippen molar-refractivity contribution in [2.45, 2.75) is 26.2 Å². The monoisotopic (exact) mass is 426 g/mol. The van der Waals surface area contributed by atoms with Gasteiger partial charge in [-0.1, -0.05) is 6.92 Å². The number of hydrogen-bond acceptors (Lipinski definition) is 5. The van der Waals surface area contributed by atoms with Crippen LogP contribution in [0.1, 0.15) is 26.2 Å². The van der Waals surface area contributed by atoms with Crippen molar-refractivity contribution in [3.8, 4) is 0 Å². The van der Waals surface area contributed by atoms with E-state index in [4.69, 9.17) is 4.74 Å². The van der Waals surface area contributed by atoms with E-state index in [9.17, 15) is 9.59 Å². The van der Waals surface area contributed by atoms with Crippen LogP contribution in [0, 0.1) is 11.8 Å². The zero-order valence-electron chi connectivity index (χ0n) is 16.6. The minimum absolute atomic E-state index is 0. The first kappa shape index (κ1) is 26.4. The third kappa shape index (κ3) is 9.43. The van der Waals surface area contributed by atoms with Crippen LogP contribution in [0.25, 0.3) is 0 Å². The fourth-order valence-electron chi connectivity index (χ4n) is 3.64. The molecule has 0 radical (unpaired) electrons. The summed E-state index contributed by atoms with van der Waals surface area (Å²) in [5, 5.41) is 6.27. The molecule has 2 unspecified atom stereocenters. The van der Waals surface area contributed by atoms with Crippen LogP contribution in [0.5, 0.6) is 0 Å². The molecule has 2 aliphatic heterocycles. The van der Waals surface area contributed by atoms with Gasteiger partial charge < -0.3 is 20.3 Å². The van der Waals surface area contributed by atoms with E-state index in [0.29, 0.717) is 38.0 Å². The molecule has 7 nitrogen and oxygen atoms in total. The largest absolute Gasteiger partial charge is 0.383 e. The Morgan fingerprint density at radius 1 is 1.22 bits per heavy atom. The van der Waals surface area contributed by atoms with Gasteiger partial charge in [0.25, 0.3) is 0 Å². The number of ether oxygens (including phenoxy) is 1. The second-order valence-electron chi connectivity index (χ2n) is 7.29. The summed E-state index contributed by atoms with van der Waals surface area (Å²) in [7, 11) is 1.62. The van der Waals surface area contributed by atoms with Crippen LogP contribution in [-0.2, 0) is 14.3 Å². The van der Waals surface area contributed by atoms with Crippen molar-refractivity contribution in [2.24, 2.45) is 11.8 Å². The van der Waals surface area contributed by atoms with Gasteiger partial charge in [0.1, 0.15) is 0 Å². The van der Waals surface area contributed by atoms with Crippen LogP contribution in [0.2, 0.25) is 0 Å². The Labute approximate surface area is 175 Å². The quantitative estimate of drug-likeness (QED) is 0.560. The Bertz CT molecular complexity index is 429. The van der Waals surface area contributed by atoms with Gasteiger partial charge in [0.05, 0.1) is 13.2 Å². The van der Waals surface area contributed by atoms with E-state index in [2.05, 4.69) is 22.5 Å². The number of hydrogen-bond donors (Lipinski definition) is 2. The van der Waals surface area contributed by atoms with Gasteiger partial charge in [-0.2, -0.15) is 0 Å². The molecule has 27 heavy (non-hydrogen) atoms. The Morgan fingerprint density at radius 2 is 1.93 bits per heavy atom. The molecule has 2 aliphatic rings. The number of carbonyl (C=O) groups is 2. The van der Waals surface area contributed by atoms with Crippen molar-refractivity contribution < 1.29 is 14.3 Å². The Balaban J connectivity index is 0.00000338. The lowest BCUT2D eigenvalue weighted by molar-refractivity contribution is -0.134. The SMILES string of the molecule is COCCNC(=O)CN1CCN(C(=O)CC(C)C2CCCNC2)CC1.Cl.Cl. The molecule has 0 aromatic carbocycles. The average molecular weight is 427 g/mol. The number of halogens is 2. The van der Waals surface area contributed by atoms with Crippen molar-refractivity contribution in [1.29, 1.82) is 0 Å². The predicted octanol–water partition coefficient (Wildman–Crippen LogP) is 0.763. The van der Waals surface area contributed by atoms with E-state index in [1.54, 1.807) is 7.11 Å². The summed E-state index contributed by atoms with van der Waals surface area (Å²) in [6.07, 6.45) is 3.09. The first-order valence-corrected chi connectivity index (χ1v) is 9.56. The smallest absolute Gasteiger partial charge is 0.234 e. The van der Waals surface area contributed by atoms with Gasteiger partial charge in [0.15, 0.2) is 0 Å². The van der Waals surface area contributed by atoms with E-state index < -0.39 is 0 Å². The lowest BCUT2D eigenvalue weighted by atomic mass is 9.85. The molecule has 0 aromatic rings. The molecule has 0 bridgehead atoms. The van der Waals surface area contributed by atoms with Gasteiger partial charge in [-0.25, -0.2) is 0 Å². The molecule has 0 aromatic heterocycles. The second-order valence-corrected chi connectivity index (χ2v) is 7.29. The average Bonchev–Trinajstić information content (AvgIpc) is 2.63. The number of amides is 2. The van der Waals surface area contributed by atoms with Crippen molar-refractivity contribution in [3.05, 3.63) is 0 Å². The zero-order chi connectivity index (χ0) is 18.1. The molecule has 2 N–H and O–H groups in total. The molecule has 2 atom stereocenters. The van der Waals surface area contributed by atoms with Crippen LogP contribution < -0.4 is 10.6 Å². The molecular formula is C18H36Cl2N4O3. The fourth-order valence-corrected chi connectivity index (χ4v) is 3.64. The van der Waals surface area contributed by atoms with E-state index in [-0.39, 0.29) is 36.6 Å². The molecule has 2 amide bonds. The summed E-state index contributed by atoms with van der Waals surface area (Å²) in [4.78, 5) is 28.5. The van der Waals surface area contributed by atoms with Crippen molar-refractivity contribution in [3.63, 3.8) is 0 Å². The summed E-state index contributed by atoms with van der Waals surface area (Å²) < 4.78 is 4.92. The Morgan fingerprint density at radius 3 is 2.52 bits per heavy atom. The predicted molar refractivity (Wildman–Crippen MR) is 112 cm³/mol. The van der Waals surface area contributed by atoms with Crippen LogP contribution in [0.3, 0.4) is 0 Å². The summed E-state index contributed by atoms with van der Waals surface area (Å²) in [5.41, 5.74) is 0. The summed E-state index contributed by atoms with van der Waals surface area (Å²) in [6.45, 7) is 8.81. The number of nitrogens with zero attached hydrogens (tertiary/aromatic N) is 2. The second kappa shape index (κ2) is 14.4. The molecule has 0 saturated carbocycles. The summed E-state index contributed by atoms with van der Waals surface area (Å²) in [6, 6.07) is 0. The first-order chi connectivity index (χ1) is 12.1. The lowest BCUT2D eigenvalue weighted by Gasteiger charge is -2.36. The van der Waals surface area contributed by atoms with Crippen molar-refractivity contribution in [1.82, 2.24) is 20.4 Å². The molecule has 0 spiro atoms. The van der Waals surface area contributed by atoms with Crippen LogP contribution in [-0.4, -0.2) is 87.7 Å². The maximum absolute atomic E-state index is 12.5. The minimum atomic E-state index is 0.